The summed E-state index contributed by atoms with van der Waals surface area (Å²) in [6.07, 6.45) is 1.35. The lowest BCUT2D eigenvalue weighted by Crippen LogP contribution is -2.15. The molecule has 0 radical (unpaired) electrons. The zero-order valence-corrected chi connectivity index (χ0v) is 13.7. The minimum Gasteiger partial charge on any atom is -0.489 e. The molecule has 5 nitrogen and oxygen atoms in total. The van der Waals surface area contributed by atoms with Gasteiger partial charge in [-0.2, -0.15) is 0 Å². The summed E-state index contributed by atoms with van der Waals surface area (Å²) in [6, 6.07) is 15.7. The number of para-hydroxylation sites is 1. The van der Waals surface area contributed by atoms with Gasteiger partial charge < -0.3 is 13.9 Å². The summed E-state index contributed by atoms with van der Waals surface area (Å²) in [4.78, 5) is 24.1. The van der Waals surface area contributed by atoms with E-state index in [1.165, 1.54) is 30.5 Å². The zero-order valence-electron chi connectivity index (χ0n) is 13.7. The Hall–Kier alpha value is -3.41. The molecule has 6 heteroatoms. The SMILES string of the molecule is O=C(COC(=O)c1occc1COc1ccccc1)c1ccc(F)cc1. The first-order chi connectivity index (χ1) is 12.6. The second-order valence-corrected chi connectivity index (χ2v) is 5.38. The summed E-state index contributed by atoms with van der Waals surface area (Å²) in [5, 5.41) is 0. The third-order valence-electron chi connectivity index (χ3n) is 3.57. The molecule has 0 bridgehead atoms. The van der Waals surface area contributed by atoms with Gasteiger partial charge >= 0.3 is 5.97 Å². The molecule has 0 saturated heterocycles. The van der Waals surface area contributed by atoms with E-state index in [0.29, 0.717) is 11.3 Å². The van der Waals surface area contributed by atoms with Crippen LogP contribution in [0.25, 0.3) is 0 Å². The fourth-order valence-electron chi connectivity index (χ4n) is 2.22. The van der Waals surface area contributed by atoms with Gasteiger partial charge in [0, 0.05) is 11.1 Å². The molecule has 0 unspecified atom stereocenters. The minimum atomic E-state index is -0.767. The smallest absolute Gasteiger partial charge is 0.375 e. The van der Waals surface area contributed by atoms with Crippen LogP contribution in [0.5, 0.6) is 5.75 Å². The van der Waals surface area contributed by atoms with Gasteiger partial charge in [0.1, 0.15) is 18.2 Å². The number of Topliss-reactive ketones (excluding diaryl/α,β-unsaturated/α-hetero) is 1. The minimum absolute atomic E-state index is 0.0205. The fourth-order valence-corrected chi connectivity index (χ4v) is 2.22. The van der Waals surface area contributed by atoms with E-state index in [0.717, 1.165) is 0 Å². The molecule has 0 N–H and O–H groups in total. The molecule has 1 heterocycles. The van der Waals surface area contributed by atoms with Gasteiger partial charge in [0.15, 0.2) is 12.4 Å². The van der Waals surface area contributed by atoms with Gasteiger partial charge in [-0.15, -0.1) is 0 Å². The van der Waals surface area contributed by atoms with E-state index >= 15 is 0 Å². The first kappa shape index (κ1) is 17.4. The normalized spacial score (nSPS) is 10.3. The molecular weight excluding hydrogens is 339 g/mol. The van der Waals surface area contributed by atoms with E-state index in [2.05, 4.69) is 0 Å². The number of ketones is 1. The van der Waals surface area contributed by atoms with Gasteiger partial charge in [-0.05, 0) is 42.5 Å². The molecule has 0 atom stereocenters. The molecule has 3 rings (SSSR count). The molecule has 0 spiro atoms. The van der Waals surface area contributed by atoms with Crippen molar-refractivity contribution in [2.75, 3.05) is 6.61 Å². The average Bonchev–Trinajstić information content (AvgIpc) is 3.14. The van der Waals surface area contributed by atoms with E-state index < -0.39 is 24.2 Å². The van der Waals surface area contributed by atoms with Gasteiger partial charge in [0.25, 0.3) is 0 Å². The molecule has 0 aliphatic carbocycles. The molecule has 0 amide bonds. The molecule has 0 aliphatic heterocycles. The van der Waals surface area contributed by atoms with Crippen LogP contribution in [-0.4, -0.2) is 18.4 Å². The largest absolute Gasteiger partial charge is 0.489 e. The molecule has 0 saturated carbocycles. The van der Waals surface area contributed by atoms with Crippen molar-refractivity contribution < 1.29 is 27.9 Å². The highest BCUT2D eigenvalue weighted by Crippen LogP contribution is 2.17. The highest BCUT2D eigenvalue weighted by Gasteiger charge is 2.19. The third-order valence-corrected chi connectivity index (χ3v) is 3.57. The highest BCUT2D eigenvalue weighted by atomic mass is 19.1. The van der Waals surface area contributed by atoms with Crippen LogP contribution in [-0.2, 0) is 11.3 Å². The van der Waals surface area contributed by atoms with Crippen molar-refractivity contribution in [3.8, 4) is 5.75 Å². The lowest BCUT2D eigenvalue weighted by Gasteiger charge is -2.07. The fraction of sp³-hybridized carbons (Fsp3) is 0.100. The summed E-state index contributed by atoms with van der Waals surface area (Å²) < 4.78 is 28.6. The van der Waals surface area contributed by atoms with Crippen molar-refractivity contribution in [1.82, 2.24) is 0 Å². The molecule has 26 heavy (non-hydrogen) atoms. The quantitative estimate of drug-likeness (QED) is 0.473. The van der Waals surface area contributed by atoms with E-state index in [9.17, 15) is 14.0 Å². The molecule has 1 aromatic heterocycles. The second kappa shape index (κ2) is 8.11. The number of halogens is 1. The predicted molar refractivity (Wildman–Crippen MR) is 90.5 cm³/mol. The number of benzene rings is 2. The van der Waals surface area contributed by atoms with Crippen LogP contribution in [0, 0.1) is 5.82 Å². The molecular formula is C20H15FO5. The first-order valence-corrected chi connectivity index (χ1v) is 7.83. The van der Waals surface area contributed by atoms with Gasteiger partial charge in [-0.1, -0.05) is 18.2 Å². The Bertz CT molecular complexity index is 884. The maximum atomic E-state index is 12.9. The Kier molecular flexibility index (Phi) is 5.43. The summed E-state index contributed by atoms with van der Waals surface area (Å²) in [5.41, 5.74) is 0.763. The van der Waals surface area contributed by atoms with E-state index in [-0.39, 0.29) is 17.9 Å². The van der Waals surface area contributed by atoms with Crippen LogP contribution in [0.4, 0.5) is 4.39 Å². The number of hydrogen-bond donors (Lipinski definition) is 0. The summed E-state index contributed by atoms with van der Waals surface area (Å²) >= 11 is 0. The number of rotatable bonds is 7. The Morgan fingerprint density at radius 1 is 0.962 bits per heavy atom. The maximum absolute atomic E-state index is 12.9. The van der Waals surface area contributed by atoms with Crippen molar-refractivity contribution >= 4 is 11.8 Å². The number of esters is 1. The summed E-state index contributed by atoms with van der Waals surface area (Å²) in [5.74, 6) is -1.02. The van der Waals surface area contributed by atoms with E-state index in [1.54, 1.807) is 18.2 Å². The standard InChI is InChI=1S/C20H15FO5/c21-16-8-6-14(7-9-16)18(22)13-26-20(23)19-15(10-11-24-19)12-25-17-4-2-1-3-5-17/h1-11H,12-13H2. The summed E-state index contributed by atoms with van der Waals surface area (Å²) in [6.45, 7) is -0.346. The van der Waals surface area contributed by atoms with Crippen LogP contribution in [0.15, 0.2) is 71.3 Å². The van der Waals surface area contributed by atoms with Gasteiger partial charge in [-0.25, -0.2) is 9.18 Å². The average molecular weight is 354 g/mol. The van der Waals surface area contributed by atoms with Crippen molar-refractivity contribution in [2.45, 2.75) is 6.61 Å². The lowest BCUT2D eigenvalue weighted by atomic mass is 10.1. The van der Waals surface area contributed by atoms with Crippen LogP contribution in [0.2, 0.25) is 0 Å². The first-order valence-electron chi connectivity index (χ1n) is 7.83. The number of carbonyl (C=O) groups is 2. The van der Waals surface area contributed by atoms with E-state index in [4.69, 9.17) is 13.9 Å². The Balaban J connectivity index is 1.57. The van der Waals surface area contributed by atoms with Crippen LogP contribution < -0.4 is 4.74 Å². The van der Waals surface area contributed by atoms with Gasteiger partial charge in [-0.3, -0.25) is 4.79 Å². The van der Waals surface area contributed by atoms with Crippen molar-refractivity contribution in [3.05, 3.63) is 89.6 Å². The number of ether oxygens (including phenoxy) is 2. The zero-order chi connectivity index (χ0) is 18.4. The topological polar surface area (TPSA) is 65.7 Å². The van der Waals surface area contributed by atoms with Crippen molar-refractivity contribution in [3.63, 3.8) is 0 Å². The highest BCUT2D eigenvalue weighted by molar-refractivity contribution is 5.99. The van der Waals surface area contributed by atoms with Crippen LogP contribution in [0.1, 0.15) is 26.5 Å². The van der Waals surface area contributed by atoms with Gasteiger partial charge in [0.05, 0.1) is 6.26 Å². The molecule has 0 fully saturated rings. The van der Waals surface area contributed by atoms with Crippen molar-refractivity contribution in [1.29, 1.82) is 0 Å². The lowest BCUT2D eigenvalue weighted by molar-refractivity contribution is 0.0440. The number of carbonyl (C=O) groups excluding carboxylic acids is 2. The second-order valence-electron chi connectivity index (χ2n) is 5.38. The van der Waals surface area contributed by atoms with Gasteiger partial charge in [0.2, 0.25) is 5.76 Å². The number of hydrogen-bond acceptors (Lipinski definition) is 5. The third kappa shape index (κ3) is 4.36. The number of furan rings is 1. The Labute approximate surface area is 149 Å². The molecule has 0 aliphatic rings. The molecule has 132 valence electrons. The monoisotopic (exact) mass is 354 g/mol. The molecule has 2 aromatic carbocycles. The Morgan fingerprint density at radius 3 is 2.42 bits per heavy atom. The molecule has 3 aromatic rings. The van der Waals surface area contributed by atoms with Crippen molar-refractivity contribution in [2.24, 2.45) is 0 Å². The Morgan fingerprint density at radius 2 is 1.69 bits per heavy atom. The maximum Gasteiger partial charge on any atom is 0.375 e. The van der Waals surface area contributed by atoms with Crippen LogP contribution in [0.3, 0.4) is 0 Å². The predicted octanol–water partition coefficient (Wildman–Crippen LogP) is 4.04. The van der Waals surface area contributed by atoms with E-state index in [1.807, 2.05) is 18.2 Å². The van der Waals surface area contributed by atoms with Crippen LogP contribution >= 0.6 is 0 Å². The summed E-state index contributed by atoms with van der Waals surface area (Å²) in [7, 11) is 0.